The van der Waals surface area contributed by atoms with Gasteiger partial charge in [0.15, 0.2) is 0 Å². The van der Waals surface area contributed by atoms with Crippen LogP contribution in [0.1, 0.15) is 50.0 Å². The van der Waals surface area contributed by atoms with Gasteiger partial charge in [0.25, 0.3) is 0 Å². The second-order valence-corrected chi connectivity index (χ2v) is 3.91. The van der Waals surface area contributed by atoms with E-state index in [0.29, 0.717) is 0 Å². The maximum absolute atomic E-state index is 5.54. The number of hydrogen-bond acceptors (Lipinski definition) is 1. The summed E-state index contributed by atoms with van der Waals surface area (Å²) in [6.07, 6.45) is 6.57. The van der Waals surface area contributed by atoms with Crippen LogP contribution in [0.15, 0.2) is 24.3 Å². The molecule has 0 aromatic heterocycles. The van der Waals surface area contributed by atoms with Crippen molar-refractivity contribution in [3.63, 3.8) is 0 Å². The third-order valence-electron chi connectivity index (χ3n) is 2.95. The summed E-state index contributed by atoms with van der Waals surface area (Å²) in [6.45, 7) is 6.41. The monoisotopic (exact) mass is 218 g/mol. The summed E-state index contributed by atoms with van der Waals surface area (Å²) in [5.41, 5.74) is 4.04. The van der Waals surface area contributed by atoms with Crippen molar-refractivity contribution in [2.75, 3.05) is 7.11 Å². The summed E-state index contributed by atoms with van der Waals surface area (Å²) in [5.74, 6) is 0. The van der Waals surface area contributed by atoms with Crippen molar-refractivity contribution in [3.8, 4) is 0 Å². The number of benzene rings is 1. The molecule has 1 aromatic carbocycles. The van der Waals surface area contributed by atoms with Crippen LogP contribution in [0.2, 0.25) is 0 Å². The first-order chi connectivity index (χ1) is 7.78. The summed E-state index contributed by atoms with van der Waals surface area (Å²) >= 11 is 0. The van der Waals surface area contributed by atoms with Crippen LogP contribution in [0.5, 0.6) is 0 Å². The first-order valence-electron chi connectivity index (χ1n) is 6.05. The van der Waals surface area contributed by atoms with Gasteiger partial charge in [-0.25, -0.2) is 0 Å². The Labute approximate surface area is 99.1 Å². The standard InChI is InChI=1S/C15H22O/c1-5-9-13-12(6-2)10-8-11-14(13)15(7-3)16-4/h5,8-11,15H,6-7H2,1-4H3/b9-5-. The molecule has 0 bridgehead atoms. The molecule has 1 unspecified atom stereocenters. The van der Waals surface area contributed by atoms with Gasteiger partial charge in [-0.15, -0.1) is 0 Å². The van der Waals surface area contributed by atoms with Crippen molar-refractivity contribution < 1.29 is 4.74 Å². The minimum atomic E-state index is 0.206. The van der Waals surface area contributed by atoms with Crippen molar-refractivity contribution in [2.24, 2.45) is 0 Å². The fourth-order valence-electron chi connectivity index (χ4n) is 2.11. The highest BCUT2D eigenvalue weighted by molar-refractivity contribution is 5.58. The molecular weight excluding hydrogens is 196 g/mol. The van der Waals surface area contributed by atoms with Gasteiger partial charge in [-0.2, -0.15) is 0 Å². The summed E-state index contributed by atoms with van der Waals surface area (Å²) in [5, 5.41) is 0. The van der Waals surface area contributed by atoms with E-state index >= 15 is 0 Å². The summed E-state index contributed by atoms with van der Waals surface area (Å²) < 4.78 is 5.54. The molecule has 0 fully saturated rings. The van der Waals surface area contributed by atoms with Gasteiger partial charge < -0.3 is 4.74 Å². The molecule has 0 spiro atoms. The number of methoxy groups -OCH3 is 1. The quantitative estimate of drug-likeness (QED) is 0.712. The van der Waals surface area contributed by atoms with E-state index in [0.717, 1.165) is 12.8 Å². The Morgan fingerprint density at radius 1 is 1.31 bits per heavy atom. The molecule has 1 aromatic rings. The van der Waals surface area contributed by atoms with E-state index < -0.39 is 0 Å². The molecule has 0 aliphatic heterocycles. The van der Waals surface area contributed by atoms with Gasteiger partial charge in [-0.1, -0.05) is 44.2 Å². The van der Waals surface area contributed by atoms with Crippen LogP contribution in [0.4, 0.5) is 0 Å². The number of rotatable bonds is 5. The number of aryl methyl sites for hydroxylation is 1. The highest BCUT2D eigenvalue weighted by Gasteiger charge is 2.13. The maximum Gasteiger partial charge on any atom is 0.0824 e. The molecule has 0 amide bonds. The molecule has 1 rings (SSSR count). The molecule has 0 saturated carbocycles. The lowest BCUT2D eigenvalue weighted by molar-refractivity contribution is 0.0998. The Hall–Kier alpha value is -1.08. The van der Waals surface area contributed by atoms with Crippen molar-refractivity contribution in [2.45, 2.75) is 39.7 Å². The Morgan fingerprint density at radius 3 is 2.56 bits per heavy atom. The van der Waals surface area contributed by atoms with Gasteiger partial charge in [0.2, 0.25) is 0 Å². The second kappa shape index (κ2) is 6.49. The second-order valence-electron chi connectivity index (χ2n) is 3.91. The Kier molecular flexibility index (Phi) is 5.27. The van der Waals surface area contributed by atoms with Crippen molar-refractivity contribution in [1.82, 2.24) is 0 Å². The average Bonchev–Trinajstić information content (AvgIpc) is 2.32. The van der Waals surface area contributed by atoms with E-state index in [4.69, 9.17) is 4.74 Å². The van der Waals surface area contributed by atoms with Crippen LogP contribution in [0.25, 0.3) is 6.08 Å². The molecule has 1 atom stereocenters. The molecule has 1 nitrogen and oxygen atoms in total. The van der Waals surface area contributed by atoms with Crippen molar-refractivity contribution in [1.29, 1.82) is 0 Å². The van der Waals surface area contributed by atoms with Gasteiger partial charge in [-0.05, 0) is 36.5 Å². The normalized spacial score (nSPS) is 13.2. The number of allylic oxidation sites excluding steroid dienone is 1. The zero-order chi connectivity index (χ0) is 12.0. The Balaban J connectivity index is 3.25. The van der Waals surface area contributed by atoms with E-state index in [2.05, 4.69) is 51.1 Å². The molecule has 0 aliphatic rings. The van der Waals surface area contributed by atoms with Crippen LogP contribution >= 0.6 is 0 Å². The van der Waals surface area contributed by atoms with Crippen LogP contribution in [-0.4, -0.2) is 7.11 Å². The lowest BCUT2D eigenvalue weighted by atomic mass is 9.94. The first-order valence-corrected chi connectivity index (χ1v) is 6.05. The lowest BCUT2D eigenvalue weighted by Crippen LogP contribution is -2.04. The largest absolute Gasteiger partial charge is 0.377 e. The summed E-state index contributed by atoms with van der Waals surface area (Å²) in [7, 11) is 1.78. The molecule has 0 heterocycles. The molecule has 0 aliphatic carbocycles. The number of hydrogen-bond donors (Lipinski definition) is 0. The molecule has 0 saturated heterocycles. The highest BCUT2D eigenvalue weighted by atomic mass is 16.5. The molecule has 88 valence electrons. The van der Waals surface area contributed by atoms with Gasteiger partial charge in [-0.3, -0.25) is 0 Å². The van der Waals surface area contributed by atoms with E-state index in [-0.39, 0.29) is 6.10 Å². The topological polar surface area (TPSA) is 9.23 Å². The molecular formula is C15H22O. The smallest absolute Gasteiger partial charge is 0.0824 e. The van der Waals surface area contributed by atoms with Crippen LogP contribution in [0.3, 0.4) is 0 Å². The summed E-state index contributed by atoms with van der Waals surface area (Å²) in [6, 6.07) is 6.50. The molecule has 16 heavy (non-hydrogen) atoms. The molecule has 0 N–H and O–H groups in total. The van der Waals surface area contributed by atoms with Gasteiger partial charge in [0, 0.05) is 7.11 Å². The first kappa shape index (κ1) is 13.0. The predicted molar refractivity (Wildman–Crippen MR) is 70.6 cm³/mol. The maximum atomic E-state index is 5.54. The lowest BCUT2D eigenvalue weighted by Gasteiger charge is -2.18. The number of ether oxygens (including phenoxy) is 1. The zero-order valence-corrected chi connectivity index (χ0v) is 10.8. The van der Waals surface area contributed by atoms with Gasteiger partial charge in [0.05, 0.1) is 6.10 Å². The van der Waals surface area contributed by atoms with Crippen LogP contribution < -0.4 is 0 Å². The highest BCUT2D eigenvalue weighted by Crippen LogP contribution is 2.27. The van der Waals surface area contributed by atoms with Gasteiger partial charge in [0.1, 0.15) is 0 Å². The third-order valence-corrected chi connectivity index (χ3v) is 2.95. The zero-order valence-electron chi connectivity index (χ0n) is 10.8. The molecule has 0 radical (unpaired) electrons. The van der Waals surface area contributed by atoms with E-state index in [9.17, 15) is 0 Å². The summed E-state index contributed by atoms with van der Waals surface area (Å²) in [4.78, 5) is 0. The fraction of sp³-hybridized carbons (Fsp3) is 0.467. The minimum absolute atomic E-state index is 0.206. The van der Waals surface area contributed by atoms with Crippen molar-refractivity contribution in [3.05, 3.63) is 41.0 Å². The van der Waals surface area contributed by atoms with Crippen LogP contribution in [-0.2, 0) is 11.2 Å². The Morgan fingerprint density at radius 2 is 2.06 bits per heavy atom. The van der Waals surface area contributed by atoms with E-state index in [1.807, 2.05) is 0 Å². The van der Waals surface area contributed by atoms with Gasteiger partial charge >= 0.3 is 0 Å². The molecule has 1 heteroatoms. The van der Waals surface area contributed by atoms with E-state index in [1.54, 1.807) is 7.11 Å². The van der Waals surface area contributed by atoms with E-state index in [1.165, 1.54) is 16.7 Å². The Bertz CT molecular complexity index is 348. The minimum Gasteiger partial charge on any atom is -0.377 e. The third kappa shape index (κ3) is 2.73. The fourth-order valence-corrected chi connectivity index (χ4v) is 2.11. The average molecular weight is 218 g/mol. The van der Waals surface area contributed by atoms with Crippen LogP contribution in [0, 0.1) is 0 Å². The predicted octanol–water partition coefficient (Wildman–Crippen LogP) is 4.38. The van der Waals surface area contributed by atoms with Crippen molar-refractivity contribution >= 4 is 6.08 Å². The SMILES string of the molecule is C/C=C\c1c(CC)cccc1C(CC)OC.